The number of hydrogen-bond donors (Lipinski definition) is 4. The van der Waals surface area contributed by atoms with Gasteiger partial charge in [-0.05, 0) is 53.9 Å². The first-order chi connectivity index (χ1) is 17.7. The van der Waals surface area contributed by atoms with E-state index in [0.29, 0.717) is 42.0 Å². The summed E-state index contributed by atoms with van der Waals surface area (Å²) in [5, 5.41) is 19.8. The number of likely N-dealkylation sites (N-methyl/N-ethyl adjacent to an activating group) is 1. The van der Waals surface area contributed by atoms with Crippen LogP contribution in [0.1, 0.15) is 33.5 Å². The van der Waals surface area contributed by atoms with Crippen LogP contribution in [0, 0.1) is 5.41 Å². The van der Waals surface area contributed by atoms with E-state index >= 15 is 0 Å². The van der Waals surface area contributed by atoms with Crippen LogP contribution in [-0.4, -0.2) is 53.3 Å². The molecule has 0 radical (unpaired) electrons. The minimum atomic E-state index is -1.07. The highest BCUT2D eigenvalue weighted by molar-refractivity contribution is 6.05. The molecule has 1 heterocycles. The summed E-state index contributed by atoms with van der Waals surface area (Å²) in [5.41, 5.74) is 9.52. The highest BCUT2D eigenvalue weighted by Gasteiger charge is 2.35. The van der Waals surface area contributed by atoms with E-state index in [9.17, 15) is 19.5 Å². The SMILES string of the molecule is CN1c2cc(C(=O)Nc3ccc(C(=N)N)cc3)ccc2CN(CCc2ccccc2)C(=O)C1CC(=O)O. The fourth-order valence-corrected chi connectivity index (χ4v) is 4.42. The molecule has 9 heteroatoms. The zero-order valence-corrected chi connectivity index (χ0v) is 20.5. The topological polar surface area (TPSA) is 140 Å². The number of amidine groups is 1. The zero-order valence-electron chi connectivity index (χ0n) is 20.5. The highest BCUT2D eigenvalue weighted by atomic mass is 16.4. The Morgan fingerprint density at radius 2 is 1.73 bits per heavy atom. The molecule has 1 unspecified atom stereocenters. The van der Waals surface area contributed by atoms with Crippen LogP contribution in [0.2, 0.25) is 0 Å². The summed E-state index contributed by atoms with van der Waals surface area (Å²) in [6, 6.07) is 20.7. The molecule has 190 valence electrons. The molecule has 0 aromatic heterocycles. The van der Waals surface area contributed by atoms with Crippen molar-refractivity contribution in [3.05, 3.63) is 95.1 Å². The van der Waals surface area contributed by atoms with Crippen LogP contribution in [0.5, 0.6) is 0 Å². The number of fused-ring (bicyclic) bond motifs is 1. The standard InChI is InChI=1S/C28H29N5O4/c1-32-23-15-20(27(36)31-22-11-9-19(10-12-22)26(29)30)7-8-21(23)17-33(28(37)24(32)16-25(34)35)14-13-18-5-3-2-4-6-18/h2-12,15,24H,13-14,16-17H2,1H3,(H3,29,30)(H,31,36)(H,34,35). The van der Waals surface area contributed by atoms with E-state index in [2.05, 4.69) is 5.32 Å². The number of anilines is 2. The molecular weight excluding hydrogens is 470 g/mol. The molecule has 0 saturated heterocycles. The molecule has 5 N–H and O–H groups in total. The molecule has 0 aliphatic carbocycles. The summed E-state index contributed by atoms with van der Waals surface area (Å²) in [4.78, 5) is 41.4. The average Bonchev–Trinajstić information content (AvgIpc) is 2.98. The minimum Gasteiger partial charge on any atom is -0.481 e. The second-order valence-electron chi connectivity index (χ2n) is 9.01. The summed E-state index contributed by atoms with van der Waals surface area (Å²) in [5.74, 6) is -1.74. The smallest absolute Gasteiger partial charge is 0.305 e. The van der Waals surface area contributed by atoms with Gasteiger partial charge in [0.2, 0.25) is 5.91 Å². The van der Waals surface area contributed by atoms with E-state index in [4.69, 9.17) is 11.1 Å². The van der Waals surface area contributed by atoms with Gasteiger partial charge in [-0.1, -0.05) is 36.4 Å². The molecule has 0 fully saturated rings. The molecule has 37 heavy (non-hydrogen) atoms. The fourth-order valence-electron chi connectivity index (χ4n) is 4.42. The van der Waals surface area contributed by atoms with E-state index in [1.807, 2.05) is 36.4 Å². The van der Waals surface area contributed by atoms with Crippen LogP contribution >= 0.6 is 0 Å². The van der Waals surface area contributed by atoms with Crippen LogP contribution in [0.4, 0.5) is 11.4 Å². The van der Waals surface area contributed by atoms with Crippen LogP contribution in [0.3, 0.4) is 0 Å². The molecule has 3 aromatic carbocycles. The van der Waals surface area contributed by atoms with Crippen LogP contribution in [0.15, 0.2) is 72.8 Å². The van der Waals surface area contributed by atoms with E-state index in [1.165, 1.54) is 0 Å². The third kappa shape index (κ3) is 5.95. The van der Waals surface area contributed by atoms with Gasteiger partial charge in [-0.3, -0.25) is 19.8 Å². The Balaban J connectivity index is 1.59. The molecule has 0 saturated carbocycles. The Labute approximate surface area is 215 Å². The third-order valence-electron chi connectivity index (χ3n) is 6.49. The maximum Gasteiger partial charge on any atom is 0.305 e. The fraction of sp³-hybridized carbons (Fsp3) is 0.214. The maximum atomic E-state index is 13.4. The van der Waals surface area contributed by atoms with E-state index in [0.717, 1.165) is 11.1 Å². The van der Waals surface area contributed by atoms with Gasteiger partial charge < -0.3 is 26.0 Å². The highest BCUT2D eigenvalue weighted by Crippen LogP contribution is 2.30. The number of hydrogen-bond acceptors (Lipinski definition) is 5. The molecule has 0 spiro atoms. The van der Waals surface area contributed by atoms with E-state index in [1.54, 1.807) is 53.2 Å². The van der Waals surface area contributed by atoms with Crippen molar-refractivity contribution >= 4 is 35.0 Å². The number of carbonyl (C=O) groups is 3. The summed E-state index contributed by atoms with van der Waals surface area (Å²) in [6.45, 7) is 0.764. The number of amides is 2. The van der Waals surface area contributed by atoms with Crippen molar-refractivity contribution in [1.29, 1.82) is 5.41 Å². The van der Waals surface area contributed by atoms with Crippen LogP contribution in [-0.2, 0) is 22.6 Å². The summed E-state index contributed by atoms with van der Waals surface area (Å²) < 4.78 is 0. The van der Waals surface area contributed by atoms with Gasteiger partial charge in [-0.2, -0.15) is 0 Å². The van der Waals surface area contributed by atoms with E-state index in [-0.39, 0.29) is 24.1 Å². The molecule has 2 amide bonds. The van der Waals surface area contributed by atoms with Crippen molar-refractivity contribution < 1.29 is 19.5 Å². The Morgan fingerprint density at radius 1 is 1.05 bits per heavy atom. The number of carbonyl (C=O) groups excluding carboxylic acids is 2. The van der Waals surface area contributed by atoms with Crippen molar-refractivity contribution in [1.82, 2.24) is 4.90 Å². The predicted molar refractivity (Wildman–Crippen MR) is 142 cm³/mol. The number of nitrogen functional groups attached to an aromatic ring is 1. The number of carboxylic acids is 1. The van der Waals surface area contributed by atoms with Gasteiger partial charge >= 0.3 is 5.97 Å². The van der Waals surface area contributed by atoms with Gasteiger partial charge in [0.1, 0.15) is 11.9 Å². The number of benzene rings is 3. The number of nitrogens with zero attached hydrogens (tertiary/aromatic N) is 2. The number of aliphatic carboxylic acids is 1. The van der Waals surface area contributed by atoms with Gasteiger partial charge in [-0.25, -0.2) is 0 Å². The first-order valence-electron chi connectivity index (χ1n) is 11.9. The van der Waals surface area contributed by atoms with Crippen molar-refractivity contribution in [2.24, 2.45) is 5.73 Å². The lowest BCUT2D eigenvalue weighted by Gasteiger charge is -2.29. The Kier molecular flexibility index (Phi) is 7.52. The lowest BCUT2D eigenvalue weighted by molar-refractivity contribution is -0.142. The lowest BCUT2D eigenvalue weighted by Crippen LogP contribution is -2.46. The monoisotopic (exact) mass is 499 g/mol. The first kappa shape index (κ1) is 25.4. The second kappa shape index (κ2) is 10.9. The summed E-state index contributed by atoms with van der Waals surface area (Å²) in [7, 11) is 1.69. The van der Waals surface area contributed by atoms with Gasteiger partial charge in [0, 0.05) is 42.6 Å². The molecule has 9 nitrogen and oxygen atoms in total. The van der Waals surface area contributed by atoms with Crippen molar-refractivity contribution in [3.8, 4) is 0 Å². The molecule has 3 aromatic rings. The number of nitrogens with two attached hydrogens (primary N) is 1. The summed E-state index contributed by atoms with van der Waals surface area (Å²) >= 11 is 0. The van der Waals surface area contributed by atoms with Crippen LogP contribution < -0.4 is 16.0 Å². The zero-order chi connectivity index (χ0) is 26.5. The molecular formula is C28H29N5O4. The Morgan fingerprint density at radius 3 is 2.38 bits per heavy atom. The van der Waals surface area contributed by atoms with Gasteiger partial charge in [0.25, 0.3) is 5.91 Å². The molecule has 1 aliphatic rings. The van der Waals surface area contributed by atoms with Crippen molar-refractivity contribution in [3.63, 3.8) is 0 Å². The van der Waals surface area contributed by atoms with Gasteiger partial charge in [0.05, 0.1) is 6.42 Å². The first-order valence-corrected chi connectivity index (χ1v) is 11.9. The normalized spacial score (nSPS) is 15.1. The second-order valence-corrected chi connectivity index (χ2v) is 9.01. The van der Waals surface area contributed by atoms with E-state index < -0.39 is 12.0 Å². The molecule has 1 atom stereocenters. The Hall–Kier alpha value is -4.66. The maximum absolute atomic E-state index is 13.4. The lowest BCUT2D eigenvalue weighted by atomic mass is 10.1. The molecule has 0 bridgehead atoms. The van der Waals surface area contributed by atoms with Crippen molar-refractivity contribution in [2.45, 2.75) is 25.4 Å². The number of nitrogens with one attached hydrogen (secondary N) is 2. The molecule has 4 rings (SSSR count). The minimum absolute atomic E-state index is 0.0602. The Bertz CT molecular complexity index is 1320. The summed E-state index contributed by atoms with van der Waals surface area (Å²) in [6.07, 6.45) is 0.295. The number of rotatable bonds is 8. The van der Waals surface area contributed by atoms with Gasteiger partial charge in [-0.15, -0.1) is 0 Å². The predicted octanol–water partition coefficient (Wildman–Crippen LogP) is 3.09. The average molecular weight is 500 g/mol. The van der Waals surface area contributed by atoms with Crippen molar-refractivity contribution in [2.75, 3.05) is 23.8 Å². The van der Waals surface area contributed by atoms with Gasteiger partial charge in [0.15, 0.2) is 0 Å². The number of carboxylic acid groups (broad SMARTS) is 1. The van der Waals surface area contributed by atoms with Crippen LogP contribution in [0.25, 0.3) is 0 Å². The third-order valence-corrected chi connectivity index (χ3v) is 6.49. The molecule has 1 aliphatic heterocycles. The largest absolute Gasteiger partial charge is 0.481 e. The quantitative estimate of drug-likeness (QED) is 0.277.